The Morgan fingerprint density at radius 3 is 2.41 bits per heavy atom. The van der Waals surface area contributed by atoms with E-state index in [1.807, 2.05) is 13.8 Å². The first kappa shape index (κ1) is 16.4. The SMILES string of the molecule is CCCCOCCCC(C)(NCC)C(=O)OC. The molecule has 0 aromatic heterocycles. The second-order valence-corrected chi connectivity index (χ2v) is 4.42. The fourth-order valence-electron chi connectivity index (χ4n) is 1.75. The number of carbonyl (C=O) groups excluding carboxylic acids is 1. The van der Waals surface area contributed by atoms with Crippen molar-refractivity contribution in [3.63, 3.8) is 0 Å². The Labute approximate surface area is 105 Å². The third kappa shape index (κ3) is 6.64. The smallest absolute Gasteiger partial charge is 0.325 e. The van der Waals surface area contributed by atoms with Crippen LogP contribution >= 0.6 is 0 Å². The number of rotatable bonds is 10. The van der Waals surface area contributed by atoms with Crippen LogP contribution in [-0.2, 0) is 14.3 Å². The minimum atomic E-state index is -0.586. The van der Waals surface area contributed by atoms with Crippen LogP contribution in [0.3, 0.4) is 0 Å². The molecule has 0 aliphatic rings. The molecular weight excluding hydrogens is 218 g/mol. The Morgan fingerprint density at radius 1 is 1.24 bits per heavy atom. The summed E-state index contributed by atoms with van der Waals surface area (Å²) in [6.45, 7) is 8.28. The van der Waals surface area contributed by atoms with Crippen molar-refractivity contribution in [1.29, 1.82) is 0 Å². The number of methoxy groups -OCH3 is 1. The van der Waals surface area contributed by atoms with E-state index in [1.165, 1.54) is 7.11 Å². The fourth-order valence-corrected chi connectivity index (χ4v) is 1.75. The van der Waals surface area contributed by atoms with Crippen molar-refractivity contribution >= 4 is 5.97 Å². The van der Waals surface area contributed by atoms with Gasteiger partial charge >= 0.3 is 5.97 Å². The first-order valence-electron chi connectivity index (χ1n) is 6.52. The van der Waals surface area contributed by atoms with Crippen LogP contribution in [0.1, 0.15) is 46.5 Å². The van der Waals surface area contributed by atoms with Crippen LogP contribution in [0.2, 0.25) is 0 Å². The van der Waals surface area contributed by atoms with Crippen LogP contribution in [0, 0.1) is 0 Å². The van der Waals surface area contributed by atoms with E-state index >= 15 is 0 Å². The maximum Gasteiger partial charge on any atom is 0.325 e. The zero-order valence-corrected chi connectivity index (χ0v) is 11.7. The lowest BCUT2D eigenvalue weighted by molar-refractivity contribution is -0.148. The quantitative estimate of drug-likeness (QED) is 0.473. The van der Waals surface area contributed by atoms with E-state index < -0.39 is 5.54 Å². The molecule has 102 valence electrons. The summed E-state index contributed by atoms with van der Waals surface area (Å²) in [4.78, 5) is 11.7. The molecule has 0 heterocycles. The highest BCUT2D eigenvalue weighted by Gasteiger charge is 2.32. The second-order valence-electron chi connectivity index (χ2n) is 4.42. The lowest BCUT2D eigenvalue weighted by Gasteiger charge is -2.27. The number of unbranched alkanes of at least 4 members (excludes halogenated alkanes) is 1. The molecule has 1 unspecified atom stereocenters. The number of likely N-dealkylation sites (N-methyl/N-ethyl adjacent to an activating group) is 1. The van der Waals surface area contributed by atoms with Crippen LogP contribution in [0.15, 0.2) is 0 Å². The average molecular weight is 245 g/mol. The van der Waals surface area contributed by atoms with Gasteiger partial charge in [0.05, 0.1) is 7.11 Å². The summed E-state index contributed by atoms with van der Waals surface area (Å²) >= 11 is 0. The molecule has 4 heteroatoms. The summed E-state index contributed by atoms with van der Waals surface area (Å²) in [6.07, 6.45) is 3.85. The van der Waals surface area contributed by atoms with Crippen molar-refractivity contribution in [1.82, 2.24) is 5.32 Å². The largest absolute Gasteiger partial charge is 0.468 e. The molecule has 0 saturated carbocycles. The third-order valence-corrected chi connectivity index (χ3v) is 2.81. The summed E-state index contributed by atoms with van der Waals surface area (Å²) in [6, 6.07) is 0. The first-order chi connectivity index (χ1) is 8.10. The molecule has 0 aromatic rings. The van der Waals surface area contributed by atoms with E-state index in [2.05, 4.69) is 12.2 Å². The van der Waals surface area contributed by atoms with Gasteiger partial charge in [-0.1, -0.05) is 20.3 Å². The van der Waals surface area contributed by atoms with Gasteiger partial charge in [-0.2, -0.15) is 0 Å². The van der Waals surface area contributed by atoms with Gasteiger partial charge in [0, 0.05) is 13.2 Å². The third-order valence-electron chi connectivity index (χ3n) is 2.81. The number of esters is 1. The number of nitrogens with one attached hydrogen (secondary N) is 1. The molecule has 0 rings (SSSR count). The van der Waals surface area contributed by atoms with E-state index in [-0.39, 0.29) is 5.97 Å². The van der Waals surface area contributed by atoms with Gasteiger partial charge in [0.2, 0.25) is 0 Å². The number of ether oxygens (including phenoxy) is 2. The first-order valence-corrected chi connectivity index (χ1v) is 6.52. The predicted octanol–water partition coefficient (Wildman–Crippen LogP) is 2.12. The maximum atomic E-state index is 11.7. The van der Waals surface area contributed by atoms with Crippen molar-refractivity contribution in [2.75, 3.05) is 26.9 Å². The molecular formula is C13H27NO3. The molecule has 0 fully saturated rings. The van der Waals surface area contributed by atoms with Gasteiger partial charge in [-0.05, 0) is 32.7 Å². The highest BCUT2D eigenvalue weighted by Crippen LogP contribution is 2.14. The number of carbonyl (C=O) groups is 1. The van der Waals surface area contributed by atoms with Gasteiger partial charge in [-0.15, -0.1) is 0 Å². The lowest BCUT2D eigenvalue weighted by Crippen LogP contribution is -2.50. The van der Waals surface area contributed by atoms with E-state index in [9.17, 15) is 4.79 Å². The van der Waals surface area contributed by atoms with Gasteiger partial charge in [0.1, 0.15) is 5.54 Å². The molecule has 0 spiro atoms. The molecule has 0 saturated heterocycles. The Balaban J connectivity index is 3.88. The molecule has 0 aliphatic heterocycles. The normalized spacial score (nSPS) is 14.4. The summed E-state index contributed by atoms with van der Waals surface area (Å²) < 4.78 is 10.3. The van der Waals surface area contributed by atoms with Crippen LogP contribution < -0.4 is 5.32 Å². The molecule has 0 bridgehead atoms. The van der Waals surface area contributed by atoms with Crippen molar-refractivity contribution in [2.24, 2.45) is 0 Å². The molecule has 1 atom stereocenters. The average Bonchev–Trinajstić information content (AvgIpc) is 2.33. The Kier molecular flexibility index (Phi) is 9.09. The molecule has 0 aliphatic carbocycles. The summed E-state index contributed by atoms with van der Waals surface area (Å²) in [5.41, 5.74) is -0.586. The van der Waals surface area contributed by atoms with Crippen molar-refractivity contribution in [3.8, 4) is 0 Å². The lowest BCUT2D eigenvalue weighted by atomic mass is 9.96. The van der Waals surface area contributed by atoms with Crippen LogP contribution in [0.25, 0.3) is 0 Å². The topological polar surface area (TPSA) is 47.6 Å². The molecule has 0 amide bonds. The summed E-state index contributed by atoms with van der Waals surface area (Å²) in [5, 5.41) is 3.18. The highest BCUT2D eigenvalue weighted by molar-refractivity contribution is 5.80. The van der Waals surface area contributed by atoms with Gasteiger partial charge in [0.25, 0.3) is 0 Å². The minimum Gasteiger partial charge on any atom is -0.468 e. The summed E-state index contributed by atoms with van der Waals surface area (Å²) in [5.74, 6) is -0.201. The van der Waals surface area contributed by atoms with E-state index in [0.29, 0.717) is 6.61 Å². The van der Waals surface area contributed by atoms with Gasteiger partial charge in [0.15, 0.2) is 0 Å². The van der Waals surface area contributed by atoms with Gasteiger partial charge in [-0.25, -0.2) is 0 Å². The van der Waals surface area contributed by atoms with E-state index in [0.717, 1.165) is 38.8 Å². The van der Waals surface area contributed by atoms with Crippen LogP contribution in [0.4, 0.5) is 0 Å². The monoisotopic (exact) mass is 245 g/mol. The highest BCUT2D eigenvalue weighted by atomic mass is 16.5. The van der Waals surface area contributed by atoms with E-state index in [1.54, 1.807) is 0 Å². The van der Waals surface area contributed by atoms with Gasteiger partial charge in [-0.3, -0.25) is 4.79 Å². The van der Waals surface area contributed by atoms with Crippen LogP contribution in [-0.4, -0.2) is 38.4 Å². The number of hydrogen-bond donors (Lipinski definition) is 1. The Hall–Kier alpha value is -0.610. The maximum absolute atomic E-state index is 11.7. The molecule has 1 N–H and O–H groups in total. The molecule has 17 heavy (non-hydrogen) atoms. The Bertz CT molecular complexity index is 209. The summed E-state index contributed by atoms with van der Waals surface area (Å²) in [7, 11) is 1.43. The molecule has 0 radical (unpaired) electrons. The van der Waals surface area contributed by atoms with Crippen molar-refractivity contribution < 1.29 is 14.3 Å². The minimum absolute atomic E-state index is 0.201. The van der Waals surface area contributed by atoms with Crippen LogP contribution in [0.5, 0.6) is 0 Å². The number of hydrogen-bond acceptors (Lipinski definition) is 4. The van der Waals surface area contributed by atoms with Crippen molar-refractivity contribution in [3.05, 3.63) is 0 Å². The predicted molar refractivity (Wildman–Crippen MR) is 69.1 cm³/mol. The molecule has 0 aromatic carbocycles. The zero-order chi connectivity index (χ0) is 13.1. The zero-order valence-electron chi connectivity index (χ0n) is 11.7. The van der Waals surface area contributed by atoms with E-state index in [4.69, 9.17) is 9.47 Å². The molecule has 4 nitrogen and oxygen atoms in total. The fraction of sp³-hybridized carbons (Fsp3) is 0.923. The van der Waals surface area contributed by atoms with Gasteiger partial charge < -0.3 is 14.8 Å². The standard InChI is InChI=1S/C13H27NO3/c1-5-7-10-17-11-8-9-13(3,14-6-2)12(15)16-4/h14H,5-11H2,1-4H3. The Morgan fingerprint density at radius 2 is 1.88 bits per heavy atom. The van der Waals surface area contributed by atoms with Crippen molar-refractivity contribution in [2.45, 2.75) is 52.0 Å². The second kappa shape index (κ2) is 9.42.